The molecule has 1 saturated carbocycles. The Hall–Kier alpha value is -1.54. The van der Waals surface area contributed by atoms with E-state index in [9.17, 15) is 18.0 Å². The summed E-state index contributed by atoms with van der Waals surface area (Å²) in [6, 6.07) is 3.83. The van der Waals surface area contributed by atoms with Crippen molar-refractivity contribution in [3.8, 4) is 0 Å². The third-order valence-corrected chi connectivity index (χ3v) is 5.26. The van der Waals surface area contributed by atoms with Crippen molar-refractivity contribution in [2.24, 2.45) is 0 Å². The van der Waals surface area contributed by atoms with Gasteiger partial charge in [-0.3, -0.25) is 14.6 Å². The molecule has 1 aromatic heterocycles. The van der Waals surface area contributed by atoms with Crippen LogP contribution in [0.3, 0.4) is 0 Å². The number of amides is 1. The van der Waals surface area contributed by atoms with Gasteiger partial charge in [-0.15, -0.1) is 0 Å². The van der Waals surface area contributed by atoms with E-state index in [4.69, 9.17) is 4.42 Å². The number of carbonyl (C=O) groups excluding carboxylic acids is 1. The highest BCUT2D eigenvalue weighted by molar-refractivity contribution is 5.78. The molecule has 0 N–H and O–H groups in total. The van der Waals surface area contributed by atoms with Crippen LogP contribution in [0.1, 0.15) is 31.4 Å². The molecule has 8 heteroatoms. The predicted molar refractivity (Wildman–Crippen MR) is 90.4 cm³/mol. The number of hydrogen-bond donors (Lipinski definition) is 0. The zero-order valence-corrected chi connectivity index (χ0v) is 14.9. The van der Waals surface area contributed by atoms with Crippen LogP contribution in [0.5, 0.6) is 0 Å². The fourth-order valence-corrected chi connectivity index (χ4v) is 3.89. The maximum Gasteiger partial charge on any atom is 0.406 e. The van der Waals surface area contributed by atoms with Crippen molar-refractivity contribution < 1.29 is 22.4 Å². The Kier molecular flexibility index (Phi) is 6.24. The van der Waals surface area contributed by atoms with Crippen LogP contribution in [0.25, 0.3) is 0 Å². The zero-order valence-electron chi connectivity index (χ0n) is 14.9. The molecule has 1 aliphatic heterocycles. The van der Waals surface area contributed by atoms with E-state index >= 15 is 0 Å². The minimum Gasteiger partial charge on any atom is -0.467 e. The highest BCUT2D eigenvalue weighted by Gasteiger charge is 2.34. The summed E-state index contributed by atoms with van der Waals surface area (Å²) in [6.07, 6.45) is 2.01. The SMILES string of the molecule is O=C(CN1CCN(C2CCCC2)CC1)N(Cc1ccco1)CC(F)(F)F. The largest absolute Gasteiger partial charge is 0.467 e. The lowest BCUT2D eigenvalue weighted by Crippen LogP contribution is -2.52. The number of nitrogens with zero attached hydrogens (tertiary/aromatic N) is 3. The van der Waals surface area contributed by atoms with Gasteiger partial charge in [0.15, 0.2) is 0 Å². The molecule has 1 saturated heterocycles. The summed E-state index contributed by atoms with van der Waals surface area (Å²) >= 11 is 0. The molecule has 26 heavy (non-hydrogen) atoms. The number of furan rings is 1. The Morgan fingerprint density at radius 2 is 1.88 bits per heavy atom. The Bertz CT molecular complexity index is 563. The Balaban J connectivity index is 1.52. The number of rotatable bonds is 6. The monoisotopic (exact) mass is 373 g/mol. The first-order valence-electron chi connectivity index (χ1n) is 9.24. The highest BCUT2D eigenvalue weighted by Crippen LogP contribution is 2.24. The van der Waals surface area contributed by atoms with Gasteiger partial charge in [-0.2, -0.15) is 13.2 Å². The molecule has 2 fully saturated rings. The van der Waals surface area contributed by atoms with Gasteiger partial charge in [-0.25, -0.2) is 0 Å². The quantitative estimate of drug-likeness (QED) is 0.769. The first kappa shape index (κ1) is 19.2. The van der Waals surface area contributed by atoms with Crippen molar-refractivity contribution in [1.82, 2.24) is 14.7 Å². The van der Waals surface area contributed by atoms with E-state index in [0.29, 0.717) is 11.8 Å². The lowest BCUT2D eigenvalue weighted by atomic mass is 10.2. The van der Waals surface area contributed by atoms with Gasteiger partial charge in [0.2, 0.25) is 5.91 Å². The first-order valence-corrected chi connectivity index (χ1v) is 9.24. The van der Waals surface area contributed by atoms with Crippen molar-refractivity contribution in [1.29, 1.82) is 0 Å². The molecule has 1 aliphatic carbocycles. The predicted octanol–water partition coefficient (Wildman–Crippen LogP) is 2.73. The second-order valence-corrected chi connectivity index (χ2v) is 7.19. The van der Waals surface area contributed by atoms with Crippen LogP contribution in [0.2, 0.25) is 0 Å². The van der Waals surface area contributed by atoms with Crippen molar-refractivity contribution in [3.63, 3.8) is 0 Å². The van der Waals surface area contributed by atoms with Gasteiger partial charge in [0, 0.05) is 32.2 Å². The van der Waals surface area contributed by atoms with Gasteiger partial charge < -0.3 is 9.32 Å². The van der Waals surface area contributed by atoms with Crippen LogP contribution in [0.15, 0.2) is 22.8 Å². The average Bonchev–Trinajstić information content (AvgIpc) is 3.27. The van der Waals surface area contributed by atoms with E-state index in [1.165, 1.54) is 31.9 Å². The normalized spacial score (nSPS) is 20.6. The van der Waals surface area contributed by atoms with Crippen molar-refractivity contribution in [3.05, 3.63) is 24.2 Å². The van der Waals surface area contributed by atoms with Crippen molar-refractivity contribution >= 4 is 5.91 Å². The number of carbonyl (C=O) groups is 1. The fourth-order valence-electron chi connectivity index (χ4n) is 3.89. The maximum absolute atomic E-state index is 12.9. The Morgan fingerprint density at radius 1 is 1.19 bits per heavy atom. The molecule has 3 rings (SSSR count). The average molecular weight is 373 g/mol. The first-order chi connectivity index (χ1) is 12.4. The van der Waals surface area contributed by atoms with Crippen molar-refractivity contribution in [2.75, 3.05) is 39.3 Å². The molecule has 0 bridgehead atoms. The molecular formula is C18H26F3N3O2. The number of alkyl halides is 3. The van der Waals surface area contributed by atoms with Crippen LogP contribution in [-0.2, 0) is 11.3 Å². The second kappa shape index (κ2) is 8.43. The molecule has 5 nitrogen and oxygen atoms in total. The van der Waals surface area contributed by atoms with Crippen molar-refractivity contribution in [2.45, 2.75) is 44.4 Å². The van der Waals surface area contributed by atoms with E-state index < -0.39 is 18.6 Å². The van der Waals surface area contributed by atoms with Crippen LogP contribution in [-0.4, -0.2) is 72.1 Å². The summed E-state index contributed by atoms with van der Waals surface area (Å²) in [6.45, 7) is 1.83. The van der Waals surface area contributed by atoms with Crippen LogP contribution in [0.4, 0.5) is 13.2 Å². The molecule has 2 aliphatic rings. The summed E-state index contributed by atoms with van der Waals surface area (Å²) in [4.78, 5) is 17.7. The van der Waals surface area contributed by atoms with Gasteiger partial charge in [0.1, 0.15) is 12.3 Å². The van der Waals surface area contributed by atoms with Gasteiger partial charge in [-0.05, 0) is 25.0 Å². The molecule has 1 amide bonds. The van der Waals surface area contributed by atoms with Gasteiger partial charge in [-0.1, -0.05) is 12.8 Å². The standard InChI is InChI=1S/C18H26F3N3O2/c19-18(20,21)14-24(12-16-6-3-11-26-16)17(25)13-22-7-9-23(10-8-22)15-4-1-2-5-15/h3,6,11,15H,1-2,4-5,7-10,12-14H2. The fraction of sp³-hybridized carbons (Fsp3) is 0.722. The van der Waals surface area contributed by atoms with E-state index in [-0.39, 0.29) is 13.1 Å². The third-order valence-electron chi connectivity index (χ3n) is 5.26. The lowest BCUT2D eigenvalue weighted by molar-refractivity contribution is -0.163. The molecule has 0 aromatic carbocycles. The summed E-state index contributed by atoms with van der Waals surface area (Å²) in [7, 11) is 0. The molecule has 2 heterocycles. The summed E-state index contributed by atoms with van der Waals surface area (Å²) in [5.74, 6) is -0.151. The van der Waals surface area contributed by atoms with E-state index in [1.54, 1.807) is 12.1 Å². The number of halogens is 3. The molecule has 0 spiro atoms. The second-order valence-electron chi connectivity index (χ2n) is 7.19. The minimum atomic E-state index is -4.43. The number of hydrogen-bond acceptors (Lipinski definition) is 4. The Labute approximate surface area is 151 Å². The van der Waals surface area contributed by atoms with Crippen LogP contribution in [0, 0.1) is 0 Å². The smallest absolute Gasteiger partial charge is 0.406 e. The molecular weight excluding hydrogens is 347 g/mol. The maximum atomic E-state index is 12.9. The zero-order chi connectivity index (χ0) is 18.6. The van der Waals surface area contributed by atoms with E-state index in [2.05, 4.69) is 4.90 Å². The third kappa shape index (κ3) is 5.48. The van der Waals surface area contributed by atoms with Crippen LogP contribution >= 0.6 is 0 Å². The molecule has 0 unspecified atom stereocenters. The molecule has 146 valence electrons. The molecule has 0 atom stereocenters. The lowest BCUT2D eigenvalue weighted by Gasteiger charge is -2.38. The van der Waals surface area contributed by atoms with E-state index in [1.807, 2.05) is 4.90 Å². The molecule has 0 radical (unpaired) electrons. The van der Waals surface area contributed by atoms with Gasteiger partial charge >= 0.3 is 6.18 Å². The van der Waals surface area contributed by atoms with Gasteiger partial charge in [0.05, 0.1) is 19.4 Å². The van der Waals surface area contributed by atoms with E-state index in [0.717, 1.165) is 31.1 Å². The summed E-state index contributed by atoms with van der Waals surface area (Å²) < 4.78 is 43.7. The molecule has 1 aromatic rings. The van der Waals surface area contributed by atoms with Crippen LogP contribution < -0.4 is 0 Å². The summed E-state index contributed by atoms with van der Waals surface area (Å²) in [5, 5.41) is 0. The topological polar surface area (TPSA) is 39.9 Å². The Morgan fingerprint density at radius 3 is 2.46 bits per heavy atom. The number of piperazine rings is 1. The summed E-state index contributed by atoms with van der Waals surface area (Å²) in [5.41, 5.74) is 0. The highest BCUT2D eigenvalue weighted by atomic mass is 19.4. The minimum absolute atomic E-state index is 0.0231. The van der Waals surface area contributed by atoms with Gasteiger partial charge in [0.25, 0.3) is 0 Å².